The molecule has 190 valence electrons. The Balaban J connectivity index is 1.79. The molecule has 2 atom stereocenters. The van der Waals surface area contributed by atoms with Gasteiger partial charge in [-0.2, -0.15) is 0 Å². The molecule has 0 radical (unpaired) electrons. The predicted molar refractivity (Wildman–Crippen MR) is 137 cm³/mol. The van der Waals surface area contributed by atoms with Crippen molar-refractivity contribution < 1.29 is 29.0 Å². The van der Waals surface area contributed by atoms with Crippen molar-refractivity contribution in [1.29, 1.82) is 0 Å². The summed E-state index contributed by atoms with van der Waals surface area (Å²) in [4.78, 5) is 37.9. The average molecular weight is 491 g/mol. The van der Waals surface area contributed by atoms with Crippen LogP contribution in [0.4, 0.5) is 0 Å². The number of carbonyl (C=O) groups is 3. The topological polar surface area (TPSA) is 89.9 Å². The normalized spacial score (nSPS) is 22.2. The number of aromatic hydroxyl groups is 1. The van der Waals surface area contributed by atoms with E-state index in [1.807, 2.05) is 30.3 Å². The van der Waals surface area contributed by atoms with E-state index in [1.54, 1.807) is 19.1 Å². The Hall–Kier alpha value is -3.41. The van der Waals surface area contributed by atoms with E-state index in [9.17, 15) is 19.5 Å². The number of hydrogen-bond acceptors (Lipinski definition) is 6. The van der Waals surface area contributed by atoms with Gasteiger partial charge in [0, 0.05) is 24.3 Å². The van der Waals surface area contributed by atoms with Crippen molar-refractivity contribution in [1.82, 2.24) is 0 Å². The van der Waals surface area contributed by atoms with Crippen LogP contribution >= 0.6 is 0 Å². The third-order valence-electron chi connectivity index (χ3n) is 6.98. The maximum absolute atomic E-state index is 13.3. The Labute approximate surface area is 212 Å². The molecule has 0 fully saturated rings. The van der Waals surface area contributed by atoms with Crippen LogP contribution in [0.3, 0.4) is 0 Å². The van der Waals surface area contributed by atoms with Gasteiger partial charge < -0.3 is 14.6 Å². The molecule has 2 aliphatic heterocycles. The minimum Gasteiger partial charge on any atom is -0.507 e. The molecule has 6 heteroatoms. The maximum Gasteiger partial charge on any atom is 0.342 e. The van der Waals surface area contributed by atoms with Crippen molar-refractivity contribution in [3.8, 4) is 11.5 Å². The highest BCUT2D eigenvalue weighted by Gasteiger charge is 2.35. The number of cyclic esters (lactones) is 1. The molecule has 6 nitrogen and oxygen atoms in total. The first-order chi connectivity index (χ1) is 17.2. The standard InChI is InChI=1S/C30H34O6/c1-18(2)20-12-14-21(15-13-20)24-17-26(32)36-25-16-22-9-5-4-6-10-23(31)11-7-8-19(3)35-30(34)27(22)29(33)28(24)25/h5,9,12-16,18-19,24,33H,4,6-8,10-11,17H2,1-3H3/b9-5+. The van der Waals surface area contributed by atoms with E-state index in [-0.39, 0.29) is 35.2 Å². The lowest BCUT2D eigenvalue weighted by Gasteiger charge is -2.28. The van der Waals surface area contributed by atoms with Gasteiger partial charge in [0.25, 0.3) is 0 Å². The Morgan fingerprint density at radius 3 is 2.47 bits per heavy atom. The van der Waals surface area contributed by atoms with Gasteiger partial charge in [-0.3, -0.25) is 9.59 Å². The summed E-state index contributed by atoms with van der Waals surface area (Å²) in [5.41, 5.74) is 2.98. The van der Waals surface area contributed by atoms with Crippen LogP contribution in [0.1, 0.15) is 110 Å². The second-order valence-corrected chi connectivity index (χ2v) is 10.1. The SMILES string of the molecule is CC1CCCC(=O)CCC/C=C/c2cc3c(c(O)c2C(=O)O1)C(c1ccc(C(C)C)cc1)CC(=O)O3. The van der Waals surface area contributed by atoms with Crippen LogP contribution < -0.4 is 4.74 Å². The van der Waals surface area contributed by atoms with Crippen LogP contribution in [0.5, 0.6) is 11.5 Å². The fourth-order valence-corrected chi connectivity index (χ4v) is 4.92. The zero-order valence-electron chi connectivity index (χ0n) is 21.2. The van der Waals surface area contributed by atoms with E-state index in [4.69, 9.17) is 9.47 Å². The third kappa shape index (κ3) is 5.69. The van der Waals surface area contributed by atoms with E-state index in [2.05, 4.69) is 13.8 Å². The number of ether oxygens (including phenoxy) is 2. The van der Waals surface area contributed by atoms with E-state index in [1.165, 1.54) is 5.56 Å². The molecule has 2 aromatic rings. The number of phenolic OH excluding ortho intramolecular Hbond substituents is 1. The highest BCUT2D eigenvalue weighted by molar-refractivity contribution is 5.98. The number of fused-ring (bicyclic) bond motifs is 2. The van der Waals surface area contributed by atoms with Crippen LogP contribution in [0.25, 0.3) is 6.08 Å². The summed E-state index contributed by atoms with van der Waals surface area (Å²) in [5.74, 6) is -0.839. The quantitative estimate of drug-likeness (QED) is 0.385. The highest BCUT2D eigenvalue weighted by Crippen LogP contribution is 2.47. The second-order valence-electron chi connectivity index (χ2n) is 10.1. The summed E-state index contributed by atoms with van der Waals surface area (Å²) >= 11 is 0. The number of ketones is 1. The van der Waals surface area contributed by atoms with Crippen LogP contribution in [-0.2, 0) is 14.3 Å². The number of phenols is 1. The number of rotatable bonds is 2. The smallest absolute Gasteiger partial charge is 0.342 e. The summed E-state index contributed by atoms with van der Waals surface area (Å²) in [7, 11) is 0. The summed E-state index contributed by atoms with van der Waals surface area (Å²) in [5, 5.41) is 11.5. The van der Waals surface area contributed by atoms with E-state index in [0.29, 0.717) is 55.6 Å². The molecular formula is C30H34O6. The summed E-state index contributed by atoms with van der Waals surface area (Å²) in [6.07, 6.45) is 6.82. The van der Waals surface area contributed by atoms with Gasteiger partial charge in [-0.05, 0) is 61.3 Å². The van der Waals surface area contributed by atoms with Crippen LogP contribution in [0.15, 0.2) is 36.4 Å². The molecule has 4 rings (SSSR count). The van der Waals surface area contributed by atoms with Crippen LogP contribution in [-0.4, -0.2) is 28.9 Å². The van der Waals surface area contributed by atoms with E-state index < -0.39 is 18.0 Å². The molecule has 0 amide bonds. The fourth-order valence-electron chi connectivity index (χ4n) is 4.92. The Morgan fingerprint density at radius 1 is 1.03 bits per heavy atom. The van der Waals surface area contributed by atoms with Gasteiger partial charge in [-0.15, -0.1) is 0 Å². The van der Waals surface area contributed by atoms with Gasteiger partial charge in [0.05, 0.1) is 12.5 Å². The van der Waals surface area contributed by atoms with Gasteiger partial charge in [-0.25, -0.2) is 4.79 Å². The number of carbonyl (C=O) groups excluding carboxylic acids is 3. The number of Topliss-reactive ketones (excluding diaryl/α,β-unsaturated/α-hetero) is 1. The number of allylic oxidation sites excluding steroid dienone is 1. The van der Waals surface area contributed by atoms with Crippen LogP contribution in [0.2, 0.25) is 0 Å². The molecule has 0 saturated carbocycles. The van der Waals surface area contributed by atoms with Crippen molar-refractivity contribution in [2.24, 2.45) is 0 Å². The maximum atomic E-state index is 13.3. The minimum atomic E-state index is -0.628. The monoisotopic (exact) mass is 490 g/mol. The van der Waals surface area contributed by atoms with Crippen LogP contribution in [0, 0.1) is 0 Å². The van der Waals surface area contributed by atoms with Gasteiger partial charge >= 0.3 is 11.9 Å². The first-order valence-electron chi connectivity index (χ1n) is 12.8. The van der Waals surface area contributed by atoms with Gasteiger partial charge in [0.2, 0.25) is 0 Å². The van der Waals surface area contributed by atoms with Crippen molar-refractivity contribution in [2.75, 3.05) is 0 Å². The summed E-state index contributed by atoms with van der Waals surface area (Å²) < 4.78 is 11.2. The van der Waals surface area contributed by atoms with E-state index >= 15 is 0 Å². The predicted octanol–water partition coefficient (Wildman–Crippen LogP) is 6.44. The molecule has 1 N–H and O–H groups in total. The molecule has 36 heavy (non-hydrogen) atoms. The molecular weight excluding hydrogens is 456 g/mol. The summed E-state index contributed by atoms with van der Waals surface area (Å²) in [6.45, 7) is 6.02. The first-order valence-corrected chi connectivity index (χ1v) is 12.8. The number of hydrogen-bond donors (Lipinski definition) is 1. The number of benzene rings is 2. The Morgan fingerprint density at radius 2 is 1.75 bits per heavy atom. The molecule has 2 aromatic carbocycles. The summed E-state index contributed by atoms with van der Waals surface area (Å²) in [6, 6.07) is 9.63. The van der Waals surface area contributed by atoms with Crippen molar-refractivity contribution >= 4 is 23.8 Å². The van der Waals surface area contributed by atoms with E-state index in [0.717, 1.165) is 5.56 Å². The Kier molecular flexibility index (Phi) is 7.92. The zero-order chi connectivity index (χ0) is 25.8. The largest absolute Gasteiger partial charge is 0.507 e. The lowest BCUT2D eigenvalue weighted by atomic mass is 9.83. The molecule has 2 heterocycles. The molecule has 0 aromatic heterocycles. The molecule has 0 aliphatic carbocycles. The lowest BCUT2D eigenvalue weighted by Crippen LogP contribution is -2.23. The molecule has 0 bridgehead atoms. The first kappa shape index (κ1) is 25.7. The third-order valence-corrected chi connectivity index (χ3v) is 6.98. The average Bonchev–Trinajstić information content (AvgIpc) is 2.82. The Bertz CT molecular complexity index is 1170. The molecule has 2 unspecified atom stereocenters. The highest BCUT2D eigenvalue weighted by atomic mass is 16.5. The zero-order valence-corrected chi connectivity index (χ0v) is 21.2. The lowest BCUT2D eigenvalue weighted by molar-refractivity contribution is -0.135. The second kappa shape index (κ2) is 11.1. The van der Waals surface area contributed by atoms with Crippen molar-refractivity contribution in [3.05, 3.63) is 64.2 Å². The van der Waals surface area contributed by atoms with Crippen molar-refractivity contribution in [3.63, 3.8) is 0 Å². The fraction of sp³-hybridized carbons (Fsp3) is 0.433. The van der Waals surface area contributed by atoms with Gasteiger partial charge in [-0.1, -0.05) is 50.3 Å². The molecule has 2 aliphatic rings. The molecule has 0 spiro atoms. The molecule has 0 saturated heterocycles. The van der Waals surface area contributed by atoms with Gasteiger partial charge in [0.15, 0.2) is 0 Å². The number of esters is 2. The van der Waals surface area contributed by atoms with Crippen molar-refractivity contribution in [2.45, 2.75) is 83.7 Å². The minimum absolute atomic E-state index is 0.0652. The van der Waals surface area contributed by atoms with Gasteiger partial charge in [0.1, 0.15) is 22.8 Å².